The minimum atomic E-state index is -4.68. The van der Waals surface area contributed by atoms with E-state index in [2.05, 4.69) is 0 Å². The van der Waals surface area contributed by atoms with Gasteiger partial charge in [0.15, 0.2) is 6.04 Å². The van der Waals surface area contributed by atoms with Crippen molar-refractivity contribution < 1.29 is 27.9 Å². The summed E-state index contributed by atoms with van der Waals surface area (Å²) in [6.07, 6.45) is -4.44. The van der Waals surface area contributed by atoms with Crippen LogP contribution in [0.5, 0.6) is 0 Å². The molecule has 1 rings (SSSR count). The highest BCUT2D eigenvalue weighted by atomic mass is 19.4. The summed E-state index contributed by atoms with van der Waals surface area (Å²) < 4.78 is 38.8. The quantitative estimate of drug-likeness (QED) is 0.848. The molecule has 0 radical (unpaired) electrons. The molecule has 110 valence electrons. The van der Waals surface area contributed by atoms with Gasteiger partial charge in [-0.25, -0.2) is 4.79 Å². The summed E-state index contributed by atoms with van der Waals surface area (Å²) in [5.74, 6) is -1.51. The minimum Gasteiger partial charge on any atom is -0.479 e. The highest BCUT2D eigenvalue weighted by Crippen LogP contribution is 2.36. The number of amides is 1. The molecule has 1 amide bonds. The topological polar surface area (TPSA) is 57.6 Å². The van der Waals surface area contributed by atoms with Crippen molar-refractivity contribution in [1.29, 1.82) is 0 Å². The van der Waals surface area contributed by atoms with E-state index in [1.807, 2.05) is 0 Å². The van der Waals surface area contributed by atoms with Crippen molar-refractivity contribution in [2.75, 3.05) is 0 Å². The van der Waals surface area contributed by atoms with Gasteiger partial charge in [-0.15, -0.1) is 0 Å². The van der Waals surface area contributed by atoms with Gasteiger partial charge < -0.3 is 10.0 Å². The Morgan fingerprint density at radius 3 is 2.25 bits per heavy atom. The van der Waals surface area contributed by atoms with E-state index in [0.29, 0.717) is 0 Å². The maximum absolute atomic E-state index is 12.9. The van der Waals surface area contributed by atoms with Crippen LogP contribution in [0.25, 0.3) is 0 Å². The Morgan fingerprint density at radius 1 is 1.30 bits per heavy atom. The van der Waals surface area contributed by atoms with Crippen molar-refractivity contribution in [2.45, 2.75) is 32.1 Å². The Morgan fingerprint density at radius 2 is 1.85 bits per heavy atom. The lowest BCUT2D eigenvalue weighted by Crippen LogP contribution is -2.39. The molecule has 7 heteroatoms. The van der Waals surface area contributed by atoms with Crippen LogP contribution in [0, 0.1) is 0 Å². The summed E-state index contributed by atoms with van der Waals surface area (Å²) in [6, 6.07) is 2.13. The average molecular weight is 289 g/mol. The van der Waals surface area contributed by atoms with Gasteiger partial charge in [0.05, 0.1) is 5.56 Å². The number of rotatable bonds is 5. The fourth-order valence-corrected chi connectivity index (χ4v) is 1.90. The van der Waals surface area contributed by atoms with Gasteiger partial charge in [-0.1, -0.05) is 18.2 Å². The van der Waals surface area contributed by atoms with E-state index >= 15 is 0 Å². The number of carboxylic acids is 1. The van der Waals surface area contributed by atoms with Gasteiger partial charge >= 0.3 is 12.1 Å². The predicted molar refractivity (Wildman–Crippen MR) is 64.9 cm³/mol. The standard InChI is InChI=1S/C13H14F3NO3/c1-8(2)17(7-18)11(12(19)20)9-5-3-4-6-10(9)13(14,15)16/h3-8,11H,1-2H3,(H,19,20). The molecule has 0 aliphatic heterocycles. The van der Waals surface area contributed by atoms with Crippen LogP contribution in [-0.2, 0) is 15.8 Å². The van der Waals surface area contributed by atoms with Crippen molar-refractivity contribution in [3.63, 3.8) is 0 Å². The fourth-order valence-electron chi connectivity index (χ4n) is 1.90. The van der Waals surface area contributed by atoms with E-state index < -0.39 is 35.4 Å². The molecule has 0 fully saturated rings. The number of benzene rings is 1. The Bertz CT molecular complexity index is 500. The molecule has 1 aromatic rings. The van der Waals surface area contributed by atoms with Crippen LogP contribution in [-0.4, -0.2) is 28.4 Å². The van der Waals surface area contributed by atoms with E-state index in [4.69, 9.17) is 0 Å². The zero-order valence-corrected chi connectivity index (χ0v) is 10.9. The zero-order valence-electron chi connectivity index (χ0n) is 10.9. The Hall–Kier alpha value is -2.05. The number of alkyl halides is 3. The highest BCUT2D eigenvalue weighted by molar-refractivity contribution is 5.79. The lowest BCUT2D eigenvalue weighted by molar-refractivity contribution is -0.150. The van der Waals surface area contributed by atoms with Crippen molar-refractivity contribution >= 4 is 12.4 Å². The van der Waals surface area contributed by atoms with Gasteiger partial charge in [0.25, 0.3) is 0 Å². The molecular formula is C13H14F3NO3. The normalized spacial score (nSPS) is 13.1. The van der Waals surface area contributed by atoms with Crippen LogP contribution in [0.2, 0.25) is 0 Å². The van der Waals surface area contributed by atoms with Crippen LogP contribution in [0.4, 0.5) is 13.2 Å². The molecule has 0 aliphatic rings. The van der Waals surface area contributed by atoms with Crippen molar-refractivity contribution in [3.05, 3.63) is 35.4 Å². The zero-order chi connectivity index (χ0) is 15.5. The number of carboxylic acid groups (broad SMARTS) is 1. The molecule has 0 aliphatic carbocycles. The lowest BCUT2D eigenvalue weighted by atomic mass is 9.98. The van der Waals surface area contributed by atoms with Crippen molar-refractivity contribution in [3.8, 4) is 0 Å². The predicted octanol–water partition coefficient (Wildman–Crippen LogP) is 2.70. The third-order valence-electron chi connectivity index (χ3n) is 2.81. The number of aliphatic carboxylic acids is 1. The first-order chi connectivity index (χ1) is 9.20. The first-order valence-corrected chi connectivity index (χ1v) is 5.81. The molecule has 0 heterocycles. The fraction of sp³-hybridized carbons (Fsp3) is 0.385. The van der Waals surface area contributed by atoms with Gasteiger partial charge in [0, 0.05) is 6.04 Å². The van der Waals surface area contributed by atoms with E-state index in [0.717, 1.165) is 17.0 Å². The SMILES string of the molecule is CC(C)N(C=O)C(C(=O)O)c1ccccc1C(F)(F)F. The molecule has 1 N–H and O–H groups in total. The van der Waals surface area contributed by atoms with Crippen LogP contribution in [0.3, 0.4) is 0 Å². The molecule has 0 spiro atoms. The average Bonchev–Trinajstić information content (AvgIpc) is 2.33. The van der Waals surface area contributed by atoms with Crippen LogP contribution in [0.15, 0.2) is 24.3 Å². The number of carbonyl (C=O) groups is 2. The third-order valence-corrected chi connectivity index (χ3v) is 2.81. The van der Waals surface area contributed by atoms with E-state index in [9.17, 15) is 27.9 Å². The second-order valence-corrected chi connectivity index (χ2v) is 4.47. The van der Waals surface area contributed by atoms with Crippen molar-refractivity contribution in [2.24, 2.45) is 0 Å². The Balaban J connectivity index is 3.44. The van der Waals surface area contributed by atoms with Crippen LogP contribution >= 0.6 is 0 Å². The molecule has 0 saturated carbocycles. The highest BCUT2D eigenvalue weighted by Gasteiger charge is 2.39. The largest absolute Gasteiger partial charge is 0.479 e. The minimum absolute atomic E-state index is 0.247. The molecule has 4 nitrogen and oxygen atoms in total. The summed E-state index contributed by atoms with van der Waals surface area (Å²) >= 11 is 0. The summed E-state index contributed by atoms with van der Waals surface area (Å²) in [6.45, 7) is 3.06. The van der Waals surface area contributed by atoms with Gasteiger partial charge in [-0.3, -0.25) is 4.79 Å². The lowest BCUT2D eigenvalue weighted by Gasteiger charge is -2.30. The maximum Gasteiger partial charge on any atom is 0.416 e. The van der Waals surface area contributed by atoms with Crippen molar-refractivity contribution in [1.82, 2.24) is 4.90 Å². The summed E-state index contributed by atoms with van der Waals surface area (Å²) in [5.41, 5.74) is -1.51. The van der Waals surface area contributed by atoms with Crippen LogP contribution in [0.1, 0.15) is 31.0 Å². The second kappa shape index (κ2) is 5.94. The first kappa shape index (κ1) is 16.0. The number of hydrogen-bond acceptors (Lipinski definition) is 2. The smallest absolute Gasteiger partial charge is 0.416 e. The van der Waals surface area contributed by atoms with Crippen LogP contribution < -0.4 is 0 Å². The molecular weight excluding hydrogens is 275 g/mol. The molecule has 0 aromatic heterocycles. The third kappa shape index (κ3) is 3.28. The molecule has 1 unspecified atom stereocenters. The Kier molecular flexibility index (Phi) is 4.75. The summed E-state index contributed by atoms with van der Waals surface area (Å²) in [5, 5.41) is 9.20. The molecule has 20 heavy (non-hydrogen) atoms. The molecule has 0 saturated heterocycles. The molecule has 0 bridgehead atoms. The van der Waals surface area contributed by atoms with Gasteiger partial charge in [-0.05, 0) is 25.5 Å². The maximum atomic E-state index is 12.9. The molecule has 1 aromatic carbocycles. The summed E-state index contributed by atoms with van der Waals surface area (Å²) in [7, 11) is 0. The number of hydrogen-bond donors (Lipinski definition) is 1. The van der Waals surface area contributed by atoms with Gasteiger partial charge in [0.2, 0.25) is 6.41 Å². The van der Waals surface area contributed by atoms with Gasteiger partial charge in [0.1, 0.15) is 0 Å². The van der Waals surface area contributed by atoms with Gasteiger partial charge in [-0.2, -0.15) is 13.2 Å². The second-order valence-electron chi connectivity index (χ2n) is 4.47. The first-order valence-electron chi connectivity index (χ1n) is 5.81. The molecule has 1 atom stereocenters. The number of nitrogens with zero attached hydrogens (tertiary/aromatic N) is 1. The Labute approximate surface area is 113 Å². The monoisotopic (exact) mass is 289 g/mol. The van der Waals surface area contributed by atoms with E-state index in [1.165, 1.54) is 26.0 Å². The van der Waals surface area contributed by atoms with E-state index in [1.54, 1.807) is 0 Å². The summed E-state index contributed by atoms with van der Waals surface area (Å²) in [4.78, 5) is 23.2. The number of halogens is 3. The van der Waals surface area contributed by atoms with E-state index in [-0.39, 0.29) is 6.41 Å². The number of carbonyl (C=O) groups excluding carboxylic acids is 1.